The van der Waals surface area contributed by atoms with Gasteiger partial charge in [-0.15, -0.1) is 0 Å². The standard InChI is InChI=1S/C26H22N4O/c1-3-24-29-25-17(2)11-13-28-26(25)30(24)15-18-8-9-22-21(10-12-27)20-7-5-4-6-19(20)16-31-23(22)14-18/h4-11,13-14H,3,15-16H2,1-2H3. The topological polar surface area (TPSA) is 63.7 Å². The van der Waals surface area contributed by atoms with Gasteiger partial charge in [-0.2, -0.15) is 5.26 Å². The normalized spacial score (nSPS) is 13.9. The van der Waals surface area contributed by atoms with E-state index in [4.69, 9.17) is 9.72 Å². The minimum Gasteiger partial charge on any atom is -0.488 e. The summed E-state index contributed by atoms with van der Waals surface area (Å²) in [5.74, 6) is 1.81. The van der Waals surface area contributed by atoms with E-state index < -0.39 is 0 Å². The minimum atomic E-state index is 0.477. The van der Waals surface area contributed by atoms with Crippen LogP contribution >= 0.6 is 0 Å². The summed E-state index contributed by atoms with van der Waals surface area (Å²) in [4.78, 5) is 9.41. The summed E-state index contributed by atoms with van der Waals surface area (Å²) in [6.07, 6.45) is 4.28. The average Bonchev–Trinajstić information content (AvgIpc) is 3.07. The molecule has 1 aliphatic heterocycles. The number of ether oxygens (including phenoxy) is 1. The van der Waals surface area contributed by atoms with Gasteiger partial charge in [-0.3, -0.25) is 0 Å². The van der Waals surface area contributed by atoms with Gasteiger partial charge in [0.05, 0.1) is 12.6 Å². The van der Waals surface area contributed by atoms with Crippen LogP contribution in [-0.2, 0) is 19.6 Å². The second-order valence-electron chi connectivity index (χ2n) is 7.73. The number of rotatable bonds is 3. The van der Waals surface area contributed by atoms with E-state index in [1.165, 1.54) is 0 Å². The molecule has 2 aromatic carbocycles. The Kier molecular flexibility index (Phi) is 4.76. The lowest BCUT2D eigenvalue weighted by atomic mass is 9.93. The van der Waals surface area contributed by atoms with E-state index in [1.54, 1.807) is 6.08 Å². The monoisotopic (exact) mass is 406 g/mol. The van der Waals surface area contributed by atoms with Crippen LogP contribution in [0.25, 0.3) is 16.7 Å². The van der Waals surface area contributed by atoms with Crippen molar-refractivity contribution in [2.24, 2.45) is 0 Å². The fraction of sp³-hybridized carbons (Fsp3) is 0.192. The van der Waals surface area contributed by atoms with Gasteiger partial charge in [-0.1, -0.05) is 43.3 Å². The predicted octanol–water partition coefficient (Wildman–Crippen LogP) is 5.20. The van der Waals surface area contributed by atoms with Crippen LogP contribution < -0.4 is 4.74 Å². The summed E-state index contributed by atoms with van der Waals surface area (Å²) < 4.78 is 8.37. The highest BCUT2D eigenvalue weighted by atomic mass is 16.5. The van der Waals surface area contributed by atoms with Crippen LogP contribution in [-0.4, -0.2) is 14.5 Å². The molecule has 0 atom stereocenters. The Balaban J connectivity index is 1.58. The number of fused-ring (bicyclic) bond motifs is 3. The highest BCUT2D eigenvalue weighted by molar-refractivity contribution is 5.86. The van der Waals surface area contributed by atoms with Crippen molar-refractivity contribution in [3.05, 3.63) is 94.4 Å². The second kappa shape index (κ2) is 7.73. The van der Waals surface area contributed by atoms with Crippen LogP contribution in [0.4, 0.5) is 0 Å². The molecule has 152 valence electrons. The minimum absolute atomic E-state index is 0.477. The number of nitrogens with zero attached hydrogens (tertiary/aromatic N) is 4. The van der Waals surface area contributed by atoms with Crippen molar-refractivity contribution < 1.29 is 4.74 Å². The summed E-state index contributed by atoms with van der Waals surface area (Å²) in [6.45, 7) is 5.32. The van der Waals surface area contributed by atoms with Gasteiger partial charge in [-0.25, -0.2) is 9.97 Å². The number of pyridine rings is 1. The fourth-order valence-corrected chi connectivity index (χ4v) is 4.24. The van der Waals surface area contributed by atoms with E-state index in [2.05, 4.69) is 47.7 Å². The van der Waals surface area contributed by atoms with Crippen LogP contribution in [0.5, 0.6) is 5.75 Å². The number of aryl methyl sites for hydroxylation is 2. The quantitative estimate of drug-likeness (QED) is 0.439. The summed E-state index contributed by atoms with van der Waals surface area (Å²) in [5.41, 5.74) is 8.07. The summed E-state index contributed by atoms with van der Waals surface area (Å²) in [5, 5.41) is 9.38. The van der Waals surface area contributed by atoms with Gasteiger partial charge in [0.15, 0.2) is 5.65 Å². The third kappa shape index (κ3) is 3.27. The molecule has 5 nitrogen and oxygen atoms in total. The van der Waals surface area contributed by atoms with Crippen LogP contribution in [0, 0.1) is 18.3 Å². The molecule has 0 unspecified atom stereocenters. The van der Waals surface area contributed by atoms with Crippen LogP contribution in [0.1, 0.15) is 40.6 Å². The lowest BCUT2D eigenvalue weighted by Crippen LogP contribution is -2.06. The van der Waals surface area contributed by atoms with Gasteiger partial charge in [-0.05, 0) is 41.3 Å². The van der Waals surface area contributed by atoms with Gasteiger partial charge in [0.25, 0.3) is 0 Å². The van der Waals surface area contributed by atoms with E-state index in [-0.39, 0.29) is 0 Å². The van der Waals surface area contributed by atoms with Gasteiger partial charge in [0.1, 0.15) is 23.7 Å². The molecule has 2 aromatic heterocycles. The molecule has 0 radical (unpaired) electrons. The number of aromatic nitrogens is 3. The molecule has 0 saturated heterocycles. The maximum Gasteiger partial charge on any atom is 0.160 e. The largest absolute Gasteiger partial charge is 0.488 e. The Morgan fingerprint density at radius 2 is 2.03 bits per heavy atom. The Morgan fingerprint density at radius 1 is 1.16 bits per heavy atom. The molecule has 0 bridgehead atoms. The van der Waals surface area contributed by atoms with E-state index in [1.807, 2.05) is 36.5 Å². The van der Waals surface area contributed by atoms with Gasteiger partial charge < -0.3 is 9.30 Å². The van der Waals surface area contributed by atoms with Crippen molar-refractivity contribution in [3.8, 4) is 11.8 Å². The Morgan fingerprint density at radius 3 is 2.87 bits per heavy atom. The number of nitriles is 1. The van der Waals surface area contributed by atoms with Gasteiger partial charge in [0, 0.05) is 29.8 Å². The van der Waals surface area contributed by atoms with E-state index >= 15 is 0 Å². The molecule has 5 heteroatoms. The van der Waals surface area contributed by atoms with Crippen molar-refractivity contribution in [2.75, 3.05) is 0 Å². The average molecular weight is 406 g/mol. The molecular formula is C26H22N4O. The predicted molar refractivity (Wildman–Crippen MR) is 121 cm³/mol. The van der Waals surface area contributed by atoms with E-state index in [0.29, 0.717) is 13.2 Å². The van der Waals surface area contributed by atoms with Crippen LogP contribution in [0.15, 0.2) is 60.8 Å². The zero-order chi connectivity index (χ0) is 21.4. The molecule has 5 rings (SSSR count). The first-order valence-corrected chi connectivity index (χ1v) is 10.4. The first kappa shape index (κ1) is 19.1. The Labute approximate surface area is 181 Å². The van der Waals surface area contributed by atoms with Crippen LogP contribution in [0.3, 0.4) is 0 Å². The molecule has 0 fully saturated rings. The number of benzene rings is 2. The summed E-state index contributed by atoms with van der Waals surface area (Å²) >= 11 is 0. The number of allylic oxidation sites excluding steroid dienone is 1. The third-order valence-electron chi connectivity index (χ3n) is 5.81. The van der Waals surface area contributed by atoms with Crippen molar-refractivity contribution >= 4 is 16.7 Å². The SMILES string of the molecule is CCc1nc2c(C)ccnc2n1Cc1ccc2c(c1)OCc1ccccc1C2=CC#N. The Bertz CT molecular complexity index is 1370. The van der Waals surface area contributed by atoms with Crippen molar-refractivity contribution in [2.45, 2.75) is 33.4 Å². The molecule has 3 heterocycles. The zero-order valence-corrected chi connectivity index (χ0v) is 17.6. The molecule has 0 N–H and O–H groups in total. The molecule has 0 saturated carbocycles. The zero-order valence-electron chi connectivity index (χ0n) is 17.6. The smallest absolute Gasteiger partial charge is 0.160 e. The molecule has 4 aromatic rings. The summed E-state index contributed by atoms with van der Waals surface area (Å²) in [6, 6.07) is 18.5. The maximum absolute atomic E-state index is 9.38. The van der Waals surface area contributed by atoms with Crippen LogP contribution in [0.2, 0.25) is 0 Å². The molecule has 31 heavy (non-hydrogen) atoms. The Hall–Kier alpha value is -3.91. The second-order valence-corrected chi connectivity index (χ2v) is 7.73. The first-order chi connectivity index (χ1) is 15.2. The molecule has 0 spiro atoms. The molecule has 1 aliphatic rings. The third-order valence-corrected chi connectivity index (χ3v) is 5.81. The van der Waals surface area contributed by atoms with Gasteiger partial charge in [0.2, 0.25) is 0 Å². The van der Waals surface area contributed by atoms with E-state index in [0.717, 1.165) is 62.5 Å². The van der Waals surface area contributed by atoms with Crippen molar-refractivity contribution in [1.82, 2.24) is 14.5 Å². The molecule has 0 aliphatic carbocycles. The maximum atomic E-state index is 9.38. The number of hydrogen-bond donors (Lipinski definition) is 0. The van der Waals surface area contributed by atoms with E-state index in [9.17, 15) is 5.26 Å². The number of imidazole rings is 1. The highest BCUT2D eigenvalue weighted by Crippen LogP contribution is 2.37. The lowest BCUT2D eigenvalue weighted by Gasteiger charge is -2.13. The molecule has 0 amide bonds. The van der Waals surface area contributed by atoms with Crippen molar-refractivity contribution in [3.63, 3.8) is 0 Å². The highest BCUT2D eigenvalue weighted by Gasteiger charge is 2.20. The number of hydrogen-bond acceptors (Lipinski definition) is 4. The fourth-order valence-electron chi connectivity index (χ4n) is 4.24. The van der Waals surface area contributed by atoms with Gasteiger partial charge >= 0.3 is 0 Å². The summed E-state index contributed by atoms with van der Waals surface area (Å²) in [7, 11) is 0. The first-order valence-electron chi connectivity index (χ1n) is 10.4. The lowest BCUT2D eigenvalue weighted by molar-refractivity contribution is 0.307. The van der Waals surface area contributed by atoms with Crippen molar-refractivity contribution in [1.29, 1.82) is 5.26 Å². The molecular weight excluding hydrogens is 384 g/mol.